The van der Waals surface area contributed by atoms with Crippen LogP contribution >= 0.6 is 0 Å². The van der Waals surface area contributed by atoms with Crippen molar-refractivity contribution in [2.75, 3.05) is 0 Å². The fourth-order valence-electron chi connectivity index (χ4n) is 5.98. The van der Waals surface area contributed by atoms with Crippen LogP contribution in [-0.4, -0.2) is 4.57 Å². The van der Waals surface area contributed by atoms with Gasteiger partial charge in [-0.2, -0.15) is 0 Å². The third kappa shape index (κ3) is 2.12. The van der Waals surface area contributed by atoms with E-state index >= 15 is 0 Å². The first-order chi connectivity index (χ1) is 16.4. The van der Waals surface area contributed by atoms with Gasteiger partial charge in [0.15, 0.2) is 0 Å². The molecule has 0 unspecified atom stereocenters. The standard InChI is InChI=1S/C32H19N/c1-2-10-21(11-3-1)33-29-16-7-6-13-23(29)28-19-27-24-18-17-20-9-4-5-12-22(20)30(24)25-14-8-15-26(31(25)27)32(28)33/h1-19H. The maximum atomic E-state index is 2.44. The second-order valence-electron chi connectivity index (χ2n) is 8.95. The summed E-state index contributed by atoms with van der Waals surface area (Å²) < 4.78 is 2.44. The molecule has 0 N–H and O–H groups in total. The highest BCUT2D eigenvalue weighted by Gasteiger charge is 2.26. The first kappa shape index (κ1) is 17.2. The highest BCUT2D eigenvalue weighted by atomic mass is 15.0. The molecule has 1 aliphatic rings. The molecule has 33 heavy (non-hydrogen) atoms. The van der Waals surface area contributed by atoms with Gasteiger partial charge < -0.3 is 4.57 Å². The van der Waals surface area contributed by atoms with E-state index in [-0.39, 0.29) is 0 Å². The zero-order valence-corrected chi connectivity index (χ0v) is 17.9. The summed E-state index contributed by atoms with van der Waals surface area (Å²) in [5.41, 5.74) is 9.16. The number of aromatic nitrogens is 1. The predicted molar refractivity (Wildman–Crippen MR) is 140 cm³/mol. The van der Waals surface area contributed by atoms with Crippen LogP contribution in [0.25, 0.3) is 71.3 Å². The summed E-state index contributed by atoms with van der Waals surface area (Å²) in [6.45, 7) is 0. The molecule has 1 aliphatic carbocycles. The first-order valence-electron chi connectivity index (χ1n) is 11.5. The highest BCUT2D eigenvalue weighted by Crippen LogP contribution is 2.52. The molecule has 0 atom stereocenters. The van der Waals surface area contributed by atoms with Crippen molar-refractivity contribution in [3.8, 4) is 27.9 Å². The lowest BCUT2D eigenvalue weighted by molar-refractivity contribution is 1.19. The quantitative estimate of drug-likeness (QED) is 0.252. The third-order valence-corrected chi connectivity index (χ3v) is 7.29. The van der Waals surface area contributed by atoms with E-state index in [4.69, 9.17) is 0 Å². The minimum atomic E-state index is 1.20. The van der Waals surface area contributed by atoms with E-state index in [1.54, 1.807) is 0 Å². The lowest BCUT2D eigenvalue weighted by atomic mass is 9.97. The van der Waals surface area contributed by atoms with Gasteiger partial charge in [-0.05, 0) is 62.7 Å². The maximum Gasteiger partial charge on any atom is 0.0620 e. The van der Waals surface area contributed by atoms with Crippen molar-refractivity contribution in [3.63, 3.8) is 0 Å². The van der Waals surface area contributed by atoms with Crippen LogP contribution in [0.4, 0.5) is 0 Å². The van der Waals surface area contributed by atoms with Crippen molar-refractivity contribution in [2.24, 2.45) is 0 Å². The maximum absolute atomic E-state index is 2.44. The molecule has 0 fully saturated rings. The molecule has 1 aromatic heterocycles. The van der Waals surface area contributed by atoms with E-state index in [1.807, 2.05) is 0 Å². The van der Waals surface area contributed by atoms with Gasteiger partial charge in [-0.1, -0.05) is 91.0 Å². The Morgan fingerprint density at radius 1 is 0.455 bits per heavy atom. The number of benzene rings is 6. The van der Waals surface area contributed by atoms with Gasteiger partial charge in [-0.3, -0.25) is 0 Å². The lowest BCUT2D eigenvalue weighted by Crippen LogP contribution is -1.94. The Labute approximate surface area is 191 Å². The van der Waals surface area contributed by atoms with Gasteiger partial charge in [-0.15, -0.1) is 0 Å². The van der Waals surface area contributed by atoms with Crippen LogP contribution in [0.1, 0.15) is 0 Å². The Hall–Kier alpha value is -4.36. The van der Waals surface area contributed by atoms with E-state index in [1.165, 1.54) is 71.3 Å². The van der Waals surface area contributed by atoms with Crippen molar-refractivity contribution in [2.45, 2.75) is 0 Å². The van der Waals surface area contributed by atoms with Crippen LogP contribution in [0.15, 0.2) is 115 Å². The zero-order valence-electron chi connectivity index (χ0n) is 17.9. The summed E-state index contributed by atoms with van der Waals surface area (Å²) in [6.07, 6.45) is 0. The average molecular weight is 418 g/mol. The minimum Gasteiger partial charge on any atom is -0.309 e. The van der Waals surface area contributed by atoms with Crippen molar-refractivity contribution >= 4 is 43.4 Å². The first-order valence-corrected chi connectivity index (χ1v) is 11.5. The number of rotatable bonds is 1. The smallest absolute Gasteiger partial charge is 0.0620 e. The Bertz CT molecular complexity index is 1910. The summed E-state index contributed by atoms with van der Waals surface area (Å²) in [5.74, 6) is 0. The largest absolute Gasteiger partial charge is 0.309 e. The van der Waals surface area contributed by atoms with Crippen LogP contribution in [0, 0.1) is 0 Å². The normalized spacial score (nSPS) is 12.2. The topological polar surface area (TPSA) is 4.93 Å². The Kier molecular flexibility index (Phi) is 3.19. The molecule has 0 spiro atoms. The third-order valence-electron chi connectivity index (χ3n) is 7.29. The molecular weight excluding hydrogens is 398 g/mol. The molecule has 0 bridgehead atoms. The monoisotopic (exact) mass is 417 g/mol. The molecule has 1 nitrogen and oxygen atoms in total. The summed E-state index contributed by atoms with van der Waals surface area (Å²) in [6, 6.07) is 42.1. The number of nitrogens with zero attached hydrogens (tertiary/aromatic N) is 1. The fraction of sp³-hybridized carbons (Fsp3) is 0. The number of hydrogen-bond donors (Lipinski definition) is 0. The molecule has 0 amide bonds. The second-order valence-corrected chi connectivity index (χ2v) is 8.95. The SMILES string of the molecule is c1ccc(-n2c3ccccc3c3cc4c5c(cccc5c32)-c2c-4ccc3ccccc23)cc1. The van der Waals surface area contributed by atoms with E-state index in [0.717, 1.165) is 0 Å². The van der Waals surface area contributed by atoms with Gasteiger partial charge in [0.05, 0.1) is 11.0 Å². The van der Waals surface area contributed by atoms with Gasteiger partial charge in [0, 0.05) is 21.8 Å². The molecule has 152 valence electrons. The van der Waals surface area contributed by atoms with E-state index in [0.29, 0.717) is 0 Å². The Morgan fingerprint density at radius 3 is 2.12 bits per heavy atom. The van der Waals surface area contributed by atoms with Crippen LogP contribution in [0.3, 0.4) is 0 Å². The average Bonchev–Trinajstić information content (AvgIpc) is 3.39. The molecule has 1 heterocycles. The Morgan fingerprint density at radius 2 is 1.21 bits per heavy atom. The van der Waals surface area contributed by atoms with Gasteiger partial charge in [0.2, 0.25) is 0 Å². The molecule has 0 saturated heterocycles. The molecule has 6 aromatic carbocycles. The zero-order chi connectivity index (χ0) is 21.5. The van der Waals surface area contributed by atoms with Crippen molar-refractivity contribution < 1.29 is 0 Å². The highest BCUT2D eigenvalue weighted by molar-refractivity contribution is 6.29. The van der Waals surface area contributed by atoms with Crippen molar-refractivity contribution in [1.29, 1.82) is 0 Å². The van der Waals surface area contributed by atoms with Crippen LogP contribution in [0.2, 0.25) is 0 Å². The molecule has 7 aromatic rings. The van der Waals surface area contributed by atoms with Crippen molar-refractivity contribution in [1.82, 2.24) is 4.57 Å². The van der Waals surface area contributed by atoms with E-state index in [9.17, 15) is 0 Å². The Balaban J connectivity index is 1.63. The van der Waals surface area contributed by atoms with Crippen LogP contribution in [-0.2, 0) is 0 Å². The van der Waals surface area contributed by atoms with Gasteiger partial charge in [-0.25, -0.2) is 0 Å². The minimum absolute atomic E-state index is 1.20. The summed E-state index contributed by atoms with van der Waals surface area (Å²) in [7, 11) is 0. The molecule has 0 radical (unpaired) electrons. The molecule has 8 rings (SSSR count). The molecule has 0 saturated carbocycles. The molecule has 1 heteroatoms. The van der Waals surface area contributed by atoms with Crippen LogP contribution < -0.4 is 0 Å². The van der Waals surface area contributed by atoms with Gasteiger partial charge in [0.25, 0.3) is 0 Å². The number of para-hydroxylation sites is 2. The predicted octanol–water partition coefficient (Wildman–Crippen LogP) is 8.74. The van der Waals surface area contributed by atoms with E-state index in [2.05, 4.69) is 120 Å². The van der Waals surface area contributed by atoms with Crippen LogP contribution in [0.5, 0.6) is 0 Å². The summed E-state index contributed by atoms with van der Waals surface area (Å²) >= 11 is 0. The second kappa shape index (κ2) is 6.11. The van der Waals surface area contributed by atoms with Gasteiger partial charge >= 0.3 is 0 Å². The van der Waals surface area contributed by atoms with Crippen molar-refractivity contribution in [3.05, 3.63) is 115 Å². The van der Waals surface area contributed by atoms with E-state index < -0.39 is 0 Å². The number of hydrogen-bond acceptors (Lipinski definition) is 0. The molecular formula is C32H19N. The number of fused-ring (bicyclic) bond motifs is 9. The lowest BCUT2D eigenvalue weighted by Gasteiger charge is -2.11. The summed E-state index contributed by atoms with van der Waals surface area (Å²) in [5, 5.41) is 7.94. The van der Waals surface area contributed by atoms with Gasteiger partial charge in [0.1, 0.15) is 0 Å². The summed E-state index contributed by atoms with van der Waals surface area (Å²) in [4.78, 5) is 0. The molecule has 0 aliphatic heterocycles. The fourth-order valence-corrected chi connectivity index (χ4v) is 5.98.